The molecule has 0 heterocycles. The van der Waals surface area contributed by atoms with Crippen LogP contribution in [0.5, 0.6) is 5.75 Å². The third-order valence-electron chi connectivity index (χ3n) is 5.82. The predicted molar refractivity (Wildman–Crippen MR) is 89.2 cm³/mol. The monoisotopic (exact) mass is 355 g/mol. The highest BCUT2D eigenvalue weighted by Gasteiger charge is 2.52. The molecular weight excluding hydrogens is 334 g/mol. The van der Waals surface area contributed by atoms with Gasteiger partial charge in [0, 0.05) is 5.54 Å². The molecule has 0 atom stereocenters. The number of methoxy groups -OCH3 is 1. The number of hydrogen-bond acceptors (Lipinski definition) is 3. The fourth-order valence-electron chi connectivity index (χ4n) is 5.39. The van der Waals surface area contributed by atoms with Crippen molar-refractivity contribution in [2.24, 2.45) is 17.8 Å². The Balaban J connectivity index is 1.61. The Kier molecular flexibility index (Phi) is 3.67. The van der Waals surface area contributed by atoms with Crippen LogP contribution in [-0.2, 0) is 10.0 Å². The lowest BCUT2D eigenvalue weighted by molar-refractivity contribution is -0.00810. The van der Waals surface area contributed by atoms with Gasteiger partial charge in [0.25, 0.3) is 0 Å². The van der Waals surface area contributed by atoms with Crippen LogP contribution >= 0.6 is 11.6 Å². The van der Waals surface area contributed by atoms with Crippen molar-refractivity contribution in [3.8, 4) is 5.75 Å². The van der Waals surface area contributed by atoms with Crippen molar-refractivity contribution in [3.05, 3.63) is 23.2 Å². The summed E-state index contributed by atoms with van der Waals surface area (Å²) in [7, 11) is -2.04. The predicted octanol–water partition coefficient (Wildman–Crippen LogP) is 3.60. The zero-order chi connectivity index (χ0) is 16.2. The molecule has 5 rings (SSSR count). The maximum atomic E-state index is 12.9. The third-order valence-corrected chi connectivity index (χ3v) is 7.69. The number of halogens is 1. The maximum absolute atomic E-state index is 12.9. The van der Waals surface area contributed by atoms with Gasteiger partial charge in [0.15, 0.2) is 0 Å². The summed E-state index contributed by atoms with van der Waals surface area (Å²) in [6, 6.07) is 4.65. The molecule has 0 amide bonds. The molecule has 0 spiro atoms. The zero-order valence-electron chi connectivity index (χ0n) is 13.2. The lowest BCUT2D eigenvalue weighted by Gasteiger charge is -2.56. The second-order valence-corrected chi connectivity index (χ2v) is 9.69. The Morgan fingerprint density at radius 2 is 1.70 bits per heavy atom. The Morgan fingerprint density at radius 3 is 2.17 bits per heavy atom. The van der Waals surface area contributed by atoms with Crippen LogP contribution in [-0.4, -0.2) is 21.1 Å². The van der Waals surface area contributed by atoms with Gasteiger partial charge in [0.05, 0.1) is 17.0 Å². The van der Waals surface area contributed by atoms with Crippen molar-refractivity contribution in [1.29, 1.82) is 0 Å². The highest BCUT2D eigenvalue weighted by molar-refractivity contribution is 7.89. The molecule has 4 nitrogen and oxygen atoms in total. The number of sulfonamides is 1. The molecule has 23 heavy (non-hydrogen) atoms. The smallest absolute Gasteiger partial charge is 0.241 e. The normalized spacial score (nSPS) is 35.5. The summed E-state index contributed by atoms with van der Waals surface area (Å²) in [5, 5.41) is 0.320. The summed E-state index contributed by atoms with van der Waals surface area (Å²) >= 11 is 6.09. The van der Waals surface area contributed by atoms with Crippen LogP contribution in [0.3, 0.4) is 0 Å². The lowest BCUT2D eigenvalue weighted by Crippen LogP contribution is -2.59. The van der Waals surface area contributed by atoms with E-state index in [-0.39, 0.29) is 10.4 Å². The van der Waals surface area contributed by atoms with Crippen LogP contribution in [0.1, 0.15) is 38.5 Å². The van der Waals surface area contributed by atoms with Crippen LogP contribution in [0, 0.1) is 17.8 Å². The Labute approximate surface area is 142 Å². The van der Waals surface area contributed by atoms with E-state index in [0.29, 0.717) is 28.5 Å². The van der Waals surface area contributed by atoms with Gasteiger partial charge in [-0.25, -0.2) is 13.1 Å². The minimum absolute atomic E-state index is 0.221. The molecule has 126 valence electrons. The largest absolute Gasteiger partial charge is 0.495 e. The molecule has 0 saturated heterocycles. The minimum atomic E-state index is -3.56. The van der Waals surface area contributed by atoms with Crippen LogP contribution in [0.2, 0.25) is 5.02 Å². The number of rotatable bonds is 4. The molecule has 0 aromatic heterocycles. The van der Waals surface area contributed by atoms with E-state index in [1.165, 1.54) is 32.4 Å². The van der Waals surface area contributed by atoms with E-state index in [9.17, 15) is 8.42 Å². The fraction of sp³-hybridized carbons (Fsp3) is 0.647. The van der Waals surface area contributed by atoms with Crippen LogP contribution in [0.25, 0.3) is 0 Å². The Bertz CT molecular complexity index is 696. The molecule has 4 bridgehead atoms. The SMILES string of the molecule is COc1ccc(S(=O)(=O)NC23CC4CC(CC(C4)C2)C3)cc1Cl. The van der Waals surface area contributed by atoms with Gasteiger partial charge < -0.3 is 4.74 Å². The minimum Gasteiger partial charge on any atom is -0.495 e. The van der Waals surface area contributed by atoms with E-state index in [1.807, 2.05) is 0 Å². The van der Waals surface area contributed by atoms with Crippen LogP contribution < -0.4 is 9.46 Å². The molecule has 4 aliphatic carbocycles. The second-order valence-electron chi connectivity index (χ2n) is 7.60. The quantitative estimate of drug-likeness (QED) is 0.897. The van der Waals surface area contributed by atoms with E-state index < -0.39 is 10.0 Å². The third kappa shape index (κ3) is 2.77. The first-order valence-electron chi connectivity index (χ1n) is 8.27. The fourth-order valence-corrected chi connectivity index (χ4v) is 7.17. The average molecular weight is 356 g/mol. The zero-order valence-corrected chi connectivity index (χ0v) is 14.8. The number of nitrogens with one attached hydrogen (secondary N) is 1. The van der Waals surface area contributed by atoms with Gasteiger partial charge in [0.2, 0.25) is 10.0 Å². The summed E-state index contributed by atoms with van der Waals surface area (Å²) in [4.78, 5) is 0.221. The number of hydrogen-bond donors (Lipinski definition) is 1. The van der Waals surface area contributed by atoms with E-state index >= 15 is 0 Å². The Morgan fingerprint density at radius 1 is 1.13 bits per heavy atom. The van der Waals surface area contributed by atoms with Gasteiger partial charge >= 0.3 is 0 Å². The maximum Gasteiger partial charge on any atom is 0.241 e. The first-order chi connectivity index (χ1) is 10.9. The molecule has 1 aromatic rings. The molecule has 1 N–H and O–H groups in total. The van der Waals surface area contributed by atoms with Crippen molar-refractivity contribution in [1.82, 2.24) is 4.72 Å². The van der Waals surface area contributed by atoms with Gasteiger partial charge in [-0.2, -0.15) is 0 Å². The molecule has 6 heteroatoms. The molecule has 1 aromatic carbocycles. The van der Waals surface area contributed by atoms with E-state index in [2.05, 4.69) is 4.72 Å². The summed E-state index contributed by atoms with van der Waals surface area (Å²) < 4.78 is 33.9. The average Bonchev–Trinajstić information content (AvgIpc) is 2.44. The highest BCUT2D eigenvalue weighted by Crippen LogP contribution is 2.56. The van der Waals surface area contributed by atoms with Crippen molar-refractivity contribution in [3.63, 3.8) is 0 Å². The van der Waals surface area contributed by atoms with E-state index in [1.54, 1.807) is 12.1 Å². The van der Waals surface area contributed by atoms with Gasteiger partial charge in [-0.3, -0.25) is 0 Å². The molecule has 0 radical (unpaired) electrons. The number of ether oxygens (including phenoxy) is 1. The lowest BCUT2D eigenvalue weighted by atomic mass is 9.53. The second kappa shape index (κ2) is 5.36. The summed E-state index contributed by atoms with van der Waals surface area (Å²) in [6.07, 6.45) is 6.83. The summed E-state index contributed by atoms with van der Waals surface area (Å²) in [5.41, 5.74) is -0.236. The first kappa shape index (κ1) is 15.7. The van der Waals surface area contributed by atoms with Crippen LogP contribution in [0.4, 0.5) is 0 Å². The molecule has 0 aliphatic heterocycles. The van der Waals surface area contributed by atoms with Crippen molar-refractivity contribution in [2.45, 2.75) is 49.0 Å². The molecular formula is C17H22ClNO3S. The summed E-state index contributed by atoms with van der Waals surface area (Å²) in [5.74, 6) is 2.58. The number of benzene rings is 1. The molecule has 4 fully saturated rings. The van der Waals surface area contributed by atoms with E-state index in [4.69, 9.17) is 16.3 Å². The highest BCUT2D eigenvalue weighted by atomic mass is 35.5. The van der Waals surface area contributed by atoms with Crippen molar-refractivity contribution in [2.75, 3.05) is 7.11 Å². The molecule has 4 saturated carbocycles. The van der Waals surface area contributed by atoms with Gasteiger partial charge in [-0.15, -0.1) is 0 Å². The summed E-state index contributed by atoms with van der Waals surface area (Å²) in [6.45, 7) is 0. The molecule has 4 aliphatic rings. The first-order valence-corrected chi connectivity index (χ1v) is 10.1. The van der Waals surface area contributed by atoms with Gasteiger partial charge in [-0.1, -0.05) is 11.6 Å². The molecule has 0 unspecified atom stereocenters. The van der Waals surface area contributed by atoms with Gasteiger partial charge in [0.1, 0.15) is 5.75 Å². The standard InChI is InChI=1S/C17H22ClNO3S/c1-22-16-3-2-14(7-15(16)18)23(20,21)19-17-8-11-4-12(9-17)6-13(5-11)10-17/h2-3,7,11-13,19H,4-6,8-10H2,1H3. The van der Waals surface area contributed by atoms with Crippen molar-refractivity contribution < 1.29 is 13.2 Å². The topological polar surface area (TPSA) is 55.4 Å². The Hall–Kier alpha value is -0.780. The van der Waals surface area contributed by atoms with Gasteiger partial charge in [-0.05, 0) is 74.5 Å². The van der Waals surface area contributed by atoms with E-state index in [0.717, 1.165) is 19.3 Å². The van der Waals surface area contributed by atoms with Crippen molar-refractivity contribution >= 4 is 21.6 Å². The van der Waals surface area contributed by atoms with Crippen LogP contribution in [0.15, 0.2) is 23.1 Å².